The first kappa shape index (κ1) is 9.04. The van der Waals surface area contributed by atoms with Crippen molar-refractivity contribution in [1.82, 2.24) is 9.78 Å². The minimum absolute atomic E-state index is 1.05. The molecule has 0 aliphatic heterocycles. The van der Waals surface area contributed by atoms with Gasteiger partial charge in [-0.05, 0) is 25.3 Å². The van der Waals surface area contributed by atoms with Gasteiger partial charge in [0.15, 0.2) is 0 Å². The summed E-state index contributed by atoms with van der Waals surface area (Å²) in [5, 5.41) is 4.13. The monoisotopic (exact) mass is 164 g/mol. The SMILES string of the molecule is C=CCCCCCn1cccn1. The van der Waals surface area contributed by atoms with Crippen LogP contribution < -0.4 is 0 Å². The third-order valence-corrected chi connectivity index (χ3v) is 1.85. The second-order valence-electron chi connectivity index (χ2n) is 2.91. The quantitative estimate of drug-likeness (QED) is 0.467. The molecule has 0 atom stereocenters. The van der Waals surface area contributed by atoms with Gasteiger partial charge in [0.2, 0.25) is 0 Å². The van der Waals surface area contributed by atoms with Crippen molar-refractivity contribution in [2.75, 3.05) is 0 Å². The van der Waals surface area contributed by atoms with Crippen molar-refractivity contribution >= 4 is 0 Å². The first-order valence-corrected chi connectivity index (χ1v) is 4.52. The minimum atomic E-state index is 1.05. The van der Waals surface area contributed by atoms with Gasteiger partial charge in [0.25, 0.3) is 0 Å². The number of nitrogens with zero attached hydrogens (tertiary/aromatic N) is 2. The Morgan fingerprint density at radius 2 is 2.25 bits per heavy atom. The van der Waals surface area contributed by atoms with Gasteiger partial charge in [-0.2, -0.15) is 5.10 Å². The Hall–Kier alpha value is -1.05. The highest BCUT2D eigenvalue weighted by atomic mass is 15.3. The molecule has 2 heteroatoms. The van der Waals surface area contributed by atoms with Gasteiger partial charge in [-0.25, -0.2) is 0 Å². The fourth-order valence-corrected chi connectivity index (χ4v) is 1.17. The van der Waals surface area contributed by atoms with Gasteiger partial charge in [-0.1, -0.05) is 12.5 Å². The summed E-state index contributed by atoms with van der Waals surface area (Å²) in [5.41, 5.74) is 0. The molecule has 66 valence electrons. The van der Waals surface area contributed by atoms with Gasteiger partial charge in [0.1, 0.15) is 0 Å². The number of aromatic nitrogens is 2. The molecule has 0 saturated heterocycles. The van der Waals surface area contributed by atoms with E-state index in [1.54, 1.807) is 0 Å². The number of allylic oxidation sites excluding steroid dienone is 1. The van der Waals surface area contributed by atoms with E-state index in [-0.39, 0.29) is 0 Å². The second kappa shape index (κ2) is 5.58. The normalized spacial score (nSPS) is 10.0. The Morgan fingerprint density at radius 1 is 1.33 bits per heavy atom. The van der Waals surface area contributed by atoms with E-state index in [9.17, 15) is 0 Å². The van der Waals surface area contributed by atoms with Crippen LogP contribution >= 0.6 is 0 Å². The summed E-state index contributed by atoms with van der Waals surface area (Å²) >= 11 is 0. The lowest BCUT2D eigenvalue weighted by molar-refractivity contribution is 0.546. The first-order valence-electron chi connectivity index (χ1n) is 4.52. The molecular formula is C10H16N2. The maximum Gasteiger partial charge on any atom is 0.0489 e. The van der Waals surface area contributed by atoms with Gasteiger partial charge in [-0.3, -0.25) is 4.68 Å². The molecule has 0 N–H and O–H groups in total. The number of hydrogen-bond acceptors (Lipinski definition) is 1. The molecule has 1 aromatic heterocycles. The Labute approximate surface area is 73.9 Å². The summed E-state index contributed by atoms with van der Waals surface area (Å²) in [6.45, 7) is 4.74. The largest absolute Gasteiger partial charge is 0.273 e. The van der Waals surface area contributed by atoms with Crippen LogP contribution in [0.5, 0.6) is 0 Å². The van der Waals surface area contributed by atoms with Crippen LogP contribution in [0, 0.1) is 0 Å². The van der Waals surface area contributed by atoms with Crippen LogP contribution in [-0.4, -0.2) is 9.78 Å². The highest BCUT2D eigenvalue weighted by Gasteiger charge is 1.90. The van der Waals surface area contributed by atoms with Crippen LogP contribution in [-0.2, 0) is 6.54 Å². The average molecular weight is 164 g/mol. The zero-order chi connectivity index (χ0) is 8.65. The molecule has 12 heavy (non-hydrogen) atoms. The zero-order valence-corrected chi connectivity index (χ0v) is 7.45. The maximum atomic E-state index is 4.13. The number of hydrogen-bond donors (Lipinski definition) is 0. The number of aryl methyl sites for hydroxylation is 1. The van der Waals surface area contributed by atoms with Crippen molar-refractivity contribution in [2.24, 2.45) is 0 Å². The second-order valence-corrected chi connectivity index (χ2v) is 2.91. The van der Waals surface area contributed by atoms with E-state index in [2.05, 4.69) is 11.7 Å². The number of rotatable bonds is 6. The predicted molar refractivity (Wildman–Crippen MR) is 50.9 cm³/mol. The molecule has 0 aliphatic rings. The van der Waals surface area contributed by atoms with E-state index in [0.717, 1.165) is 13.0 Å². The van der Waals surface area contributed by atoms with Crippen LogP contribution in [0.3, 0.4) is 0 Å². The Kier molecular flexibility index (Phi) is 4.21. The zero-order valence-electron chi connectivity index (χ0n) is 7.45. The Morgan fingerprint density at radius 3 is 2.92 bits per heavy atom. The van der Waals surface area contributed by atoms with Gasteiger partial charge < -0.3 is 0 Å². The molecule has 0 bridgehead atoms. The van der Waals surface area contributed by atoms with Crippen molar-refractivity contribution in [2.45, 2.75) is 32.2 Å². The molecule has 1 heterocycles. The van der Waals surface area contributed by atoms with E-state index in [1.165, 1.54) is 19.3 Å². The predicted octanol–water partition coefficient (Wildman–Crippen LogP) is 2.63. The highest BCUT2D eigenvalue weighted by Crippen LogP contribution is 2.01. The highest BCUT2D eigenvalue weighted by molar-refractivity contribution is 4.77. The van der Waals surface area contributed by atoms with Crippen LogP contribution in [0.2, 0.25) is 0 Å². The fraction of sp³-hybridized carbons (Fsp3) is 0.500. The van der Waals surface area contributed by atoms with Gasteiger partial charge in [0.05, 0.1) is 0 Å². The summed E-state index contributed by atoms with van der Waals surface area (Å²) in [6, 6.07) is 1.96. The van der Waals surface area contributed by atoms with E-state index >= 15 is 0 Å². The molecule has 0 spiro atoms. The lowest BCUT2D eigenvalue weighted by atomic mass is 10.2. The summed E-state index contributed by atoms with van der Waals surface area (Å²) in [4.78, 5) is 0. The topological polar surface area (TPSA) is 17.8 Å². The van der Waals surface area contributed by atoms with Crippen molar-refractivity contribution in [1.29, 1.82) is 0 Å². The smallest absolute Gasteiger partial charge is 0.0489 e. The summed E-state index contributed by atoms with van der Waals surface area (Å²) < 4.78 is 1.98. The van der Waals surface area contributed by atoms with E-state index in [0.29, 0.717) is 0 Å². The molecule has 0 fully saturated rings. The van der Waals surface area contributed by atoms with Crippen molar-refractivity contribution in [3.8, 4) is 0 Å². The van der Waals surface area contributed by atoms with Crippen molar-refractivity contribution in [3.63, 3.8) is 0 Å². The van der Waals surface area contributed by atoms with E-state index < -0.39 is 0 Å². The fourth-order valence-electron chi connectivity index (χ4n) is 1.17. The molecular weight excluding hydrogens is 148 g/mol. The minimum Gasteiger partial charge on any atom is -0.273 e. The van der Waals surface area contributed by atoms with E-state index in [4.69, 9.17) is 0 Å². The molecule has 0 saturated carbocycles. The standard InChI is InChI=1S/C10H16N2/c1-2-3-4-5-6-9-12-10-7-8-11-12/h2,7-8,10H,1,3-6,9H2. The maximum absolute atomic E-state index is 4.13. The molecule has 1 aromatic rings. The van der Waals surface area contributed by atoms with Crippen molar-refractivity contribution in [3.05, 3.63) is 31.1 Å². The Bertz CT molecular complexity index is 202. The first-order chi connectivity index (χ1) is 5.93. The van der Waals surface area contributed by atoms with Gasteiger partial charge >= 0.3 is 0 Å². The lowest BCUT2D eigenvalue weighted by Gasteiger charge is -1.99. The number of unbranched alkanes of at least 4 members (excludes halogenated alkanes) is 3. The molecule has 0 radical (unpaired) electrons. The average Bonchev–Trinajstić information content (AvgIpc) is 2.57. The van der Waals surface area contributed by atoms with E-state index in [1.807, 2.05) is 29.2 Å². The molecule has 1 rings (SSSR count). The lowest BCUT2D eigenvalue weighted by Crippen LogP contribution is -1.97. The van der Waals surface area contributed by atoms with Crippen molar-refractivity contribution < 1.29 is 0 Å². The Balaban J connectivity index is 2.00. The molecule has 0 aromatic carbocycles. The molecule has 2 nitrogen and oxygen atoms in total. The molecule has 0 amide bonds. The van der Waals surface area contributed by atoms with Crippen LogP contribution in [0.25, 0.3) is 0 Å². The third-order valence-electron chi connectivity index (χ3n) is 1.85. The van der Waals surface area contributed by atoms with Crippen LogP contribution in [0.15, 0.2) is 31.1 Å². The summed E-state index contributed by atoms with van der Waals surface area (Å²) in [7, 11) is 0. The van der Waals surface area contributed by atoms with Gasteiger partial charge in [-0.15, -0.1) is 6.58 Å². The molecule has 0 unspecified atom stereocenters. The van der Waals surface area contributed by atoms with Gasteiger partial charge in [0, 0.05) is 18.9 Å². The molecule has 0 aliphatic carbocycles. The summed E-state index contributed by atoms with van der Waals surface area (Å²) in [5.74, 6) is 0. The third kappa shape index (κ3) is 3.37. The summed E-state index contributed by atoms with van der Waals surface area (Å²) in [6.07, 6.45) is 10.7. The van der Waals surface area contributed by atoms with Crippen LogP contribution in [0.4, 0.5) is 0 Å². The van der Waals surface area contributed by atoms with Crippen LogP contribution in [0.1, 0.15) is 25.7 Å².